The highest BCUT2D eigenvalue weighted by Crippen LogP contribution is 2.14. The maximum atomic E-state index is 12.6. The lowest BCUT2D eigenvalue weighted by molar-refractivity contribution is -0.157. The largest absolute Gasteiger partial charge is 0.443 e. The van der Waals surface area contributed by atoms with Crippen molar-refractivity contribution in [1.29, 1.82) is 0 Å². The number of esters is 2. The minimum Gasteiger partial charge on any atom is -0.443 e. The van der Waals surface area contributed by atoms with Crippen molar-refractivity contribution in [2.24, 2.45) is 5.41 Å². The van der Waals surface area contributed by atoms with Gasteiger partial charge < -0.3 is 14.2 Å². The molecule has 0 aliphatic carbocycles. The summed E-state index contributed by atoms with van der Waals surface area (Å²) >= 11 is 0. The Morgan fingerprint density at radius 2 is 1.27 bits per heavy atom. The normalized spacial score (nSPS) is 11.1. The molecule has 0 fully saturated rings. The summed E-state index contributed by atoms with van der Waals surface area (Å²) < 4.78 is 16.8. The van der Waals surface area contributed by atoms with Crippen molar-refractivity contribution in [3.05, 3.63) is 55.8 Å². The van der Waals surface area contributed by atoms with Crippen LogP contribution in [-0.2, 0) is 44.0 Å². The zero-order valence-corrected chi connectivity index (χ0v) is 17.9. The molecule has 1 aromatic heterocycles. The van der Waals surface area contributed by atoms with Gasteiger partial charge in [-0.05, 0) is 34.6 Å². The Kier molecular flexibility index (Phi) is 8.28. The van der Waals surface area contributed by atoms with Gasteiger partial charge in [0.05, 0.1) is 12.0 Å². The Morgan fingerprint density at radius 1 is 0.833 bits per heavy atom. The van der Waals surface area contributed by atoms with Crippen molar-refractivity contribution in [3.63, 3.8) is 0 Å². The van der Waals surface area contributed by atoms with Gasteiger partial charge in [0.2, 0.25) is 0 Å². The van der Waals surface area contributed by atoms with E-state index in [9.17, 15) is 24.0 Å². The molecule has 0 N–H and O–H groups in total. The van der Waals surface area contributed by atoms with E-state index in [1.54, 1.807) is 27.7 Å². The van der Waals surface area contributed by atoms with Gasteiger partial charge in [0.1, 0.15) is 6.73 Å². The smallest absolute Gasteiger partial charge is 0.341 e. The number of carbonyl (C=O) groups excluding carboxylic acids is 2. The summed E-state index contributed by atoms with van der Waals surface area (Å²) in [6.07, 6.45) is 0. The third kappa shape index (κ3) is 6.41. The second-order valence-corrected chi connectivity index (χ2v) is 7.72. The molecule has 0 radical (unpaired) electrons. The lowest BCUT2D eigenvalue weighted by atomic mass is 9.98. The lowest BCUT2D eigenvalue weighted by Crippen LogP contribution is -2.55. The van der Waals surface area contributed by atoms with E-state index in [4.69, 9.17) is 14.2 Å². The molecule has 1 rings (SSSR count). The van der Waals surface area contributed by atoms with E-state index < -0.39 is 54.6 Å². The van der Waals surface area contributed by atoms with E-state index >= 15 is 0 Å². The summed E-state index contributed by atoms with van der Waals surface area (Å²) in [6.45, 7) is 13.0. The maximum absolute atomic E-state index is 12.6. The van der Waals surface area contributed by atoms with Gasteiger partial charge in [-0.3, -0.25) is 4.79 Å². The number of rotatable bonds is 9. The fourth-order valence-electron chi connectivity index (χ4n) is 1.91. The van der Waals surface area contributed by atoms with E-state index in [0.29, 0.717) is 19.3 Å². The van der Waals surface area contributed by atoms with E-state index in [2.05, 4.69) is 13.2 Å². The van der Waals surface area contributed by atoms with Crippen LogP contribution in [0.25, 0.3) is 0 Å². The van der Waals surface area contributed by atoms with Gasteiger partial charge in [0, 0.05) is 5.57 Å². The first-order valence-electron chi connectivity index (χ1n) is 8.93. The summed E-state index contributed by atoms with van der Waals surface area (Å²) in [5.41, 5.74) is -3.39. The highest BCUT2D eigenvalue weighted by molar-refractivity contribution is 5.86. The van der Waals surface area contributed by atoms with Gasteiger partial charge in [-0.1, -0.05) is 18.7 Å². The van der Waals surface area contributed by atoms with Crippen molar-refractivity contribution in [2.75, 3.05) is 6.61 Å². The standard InChI is InChI=1S/C19H27N3O8/c1-12(2)8-28-9-20-16(25)21(10-29-14(23)13(3)4)18(27)22(17(20)26)11-30-15(24)19(5,6)7/h1,3,8-11H2,2,4-7H3. The zero-order chi connectivity index (χ0) is 23.2. The fourth-order valence-corrected chi connectivity index (χ4v) is 1.91. The van der Waals surface area contributed by atoms with Crippen LogP contribution in [0.2, 0.25) is 0 Å². The Balaban J connectivity index is 3.39. The molecule has 11 nitrogen and oxygen atoms in total. The molecule has 1 heterocycles. The second kappa shape index (κ2) is 10.0. The van der Waals surface area contributed by atoms with E-state index in [-0.39, 0.29) is 12.2 Å². The Labute approximate surface area is 172 Å². The molecule has 0 amide bonds. The highest BCUT2D eigenvalue weighted by Gasteiger charge is 2.24. The Bertz CT molecular complexity index is 1020. The molecule has 0 aromatic carbocycles. The first-order valence-corrected chi connectivity index (χ1v) is 8.93. The van der Waals surface area contributed by atoms with Gasteiger partial charge in [-0.25, -0.2) is 32.9 Å². The van der Waals surface area contributed by atoms with Crippen molar-refractivity contribution in [2.45, 2.75) is 54.8 Å². The maximum Gasteiger partial charge on any atom is 0.341 e. The second-order valence-electron chi connectivity index (χ2n) is 7.72. The molecule has 0 aliphatic rings. The van der Waals surface area contributed by atoms with Crippen molar-refractivity contribution < 1.29 is 23.8 Å². The van der Waals surface area contributed by atoms with Crippen molar-refractivity contribution in [1.82, 2.24) is 13.7 Å². The molecule has 0 bridgehead atoms. The Hall–Kier alpha value is -3.21. The molecule has 0 atom stereocenters. The molecule has 166 valence electrons. The predicted octanol–water partition coefficient (Wildman–Crippen LogP) is 0.346. The Morgan fingerprint density at radius 3 is 1.67 bits per heavy atom. The first kappa shape index (κ1) is 24.8. The van der Waals surface area contributed by atoms with E-state index in [0.717, 1.165) is 0 Å². The summed E-state index contributed by atoms with van der Waals surface area (Å²) in [4.78, 5) is 61.5. The summed E-state index contributed by atoms with van der Waals surface area (Å²) in [6, 6.07) is 0. The van der Waals surface area contributed by atoms with Crippen LogP contribution in [0.3, 0.4) is 0 Å². The summed E-state index contributed by atoms with van der Waals surface area (Å²) in [5, 5.41) is 0. The van der Waals surface area contributed by atoms with E-state index in [1.165, 1.54) is 6.92 Å². The predicted molar refractivity (Wildman–Crippen MR) is 106 cm³/mol. The summed E-state index contributed by atoms with van der Waals surface area (Å²) in [5.74, 6) is -1.49. The fraction of sp³-hybridized carbons (Fsp3) is 0.526. The van der Waals surface area contributed by atoms with Crippen LogP contribution in [0.1, 0.15) is 34.6 Å². The van der Waals surface area contributed by atoms with Crippen LogP contribution in [0, 0.1) is 5.41 Å². The molecular formula is C19H27N3O8. The molecule has 0 spiro atoms. The minimum absolute atomic E-state index is 0.0561. The number of hydrogen-bond donors (Lipinski definition) is 0. The van der Waals surface area contributed by atoms with Crippen molar-refractivity contribution in [3.8, 4) is 0 Å². The van der Waals surface area contributed by atoms with Crippen LogP contribution in [0.4, 0.5) is 0 Å². The summed E-state index contributed by atoms with van der Waals surface area (Å²) in [7, 11) is 0. The average molecular weight is 425 g/mol. The lowest BCUT2D eigenvalue weighted by Gasteiger charge is -2.18. The SMILES string of the molecule is C=C(C)COCn1c(=O)n(COC(=O)C(=C)C)c(=O)n(COC(=O)C(C)(C)C)c1=O. The van der Waals surface area contributed by atoms with Gasteiger partial charge >= 0.3 is 29.0 Å². The number of hydrogen-bond acceptors (Lipinski definition) is 8. The van der Waals surface area contributed by atoms with Crippen LogP contribution < -0.4 is 17.1 Å². The molecular weight excluding hydrogens is 398 g/mol. The van der Waals surface area contributed by atoms with Gasteiger partial charge in [-0.15, -0.1) is 0 Å². The molecule has 0 aliphatic heterocycles. The van der Waals surface area contributed by atoms with Crippen LogP contribution in [0.5, 0.6) is 0 Å². The molecule has 0 saturated heterocycles. The molecule has 30 heavy (non-hydrogen) atoms. The molecule has 11 heteroatoms. The number of nitrogens with zero attached hydrogens (tertiary/aromatic N) is 3. The van der Waals surface area contributed by atoms with Crippen LogP contribution in [-0.4, -0.2) is 32.2 Å². The number of aromatic nitrogens is 3. The monoisotopic (exact) mass is 425 g/mol. The molecule has 0 unspecified atom stereocenters. The molecule has 1 aromatic rings. The third-order valence-corrected chi connectivity index (χ3v) is 3.56. The number of ether oxygens (including phenoxy) is 3. The van der Waals surface area contributed by atoms with Gasteiger partial charge in [-0.2, -0.15) is 0 Å². The minimum atomic E-state index is -1.11. The third-order valence-electron chi connectivity index (χ3n) is 3.56. The topological polar surface area (TPSA) is 128 Å². The van der Waals surface area contributed by atoms with Crippen LogP contribution in [0.15, 0.2) is 38.7 Å². The quantitative estimate of drug-likeness (QED) is 0.315. The average Bonchev–Trinajstić information content (AvgIpc) is 2.62. The van der Waals surface area contributed by atoms with Crippen LogP contribution >= 0.6 is 0 Å². The molecule has 0 saturated carbocycles. The van der Waals surface area contributed by atoms with E-state index in [1.807, 2.05) is 0 Å². The van der Waals surface area contributed by atoms with Gasteiger partial charge in [0.15, 0.2) is 13.5 Å². The highest BCUT2D eigenvalue weighted by atomic mass is 16.6. The van der Waals surface area contributed by atoms with Crippen molar-refractivity contribution >= 4 is 11.9 Å². The van der Waals surface area contributed by atoms with Gasteiger partial charge in [0.25, 0.3) is 0 Å². The zero-order valence-electron chi connectivity index (χ0n) is 17.9. The first-order chi connectivity index (χ1) is 13.8. The number of carbonyl (C=O) groups is 2.